The largest absolute Gasteiger partial charge is 0.365 e. The molecule has 0 spiro atoms. The van der Waals surface area contributed by atoms with Gasteiger partial charge in [-0.1, -0.05) is 11.6 Å². The van der Waals surface area contributed by atoms with Gasteiger partial charge >= 0.3 is 0 Å². The molecule has 1 rings (SSSR count). The molecule has 0 saturated heterocycles. The first-order valence-electron chi connectivity index (χ1n) is 3.12. The van der Waals surface area contributed by atoms with Crippen molar-refractivity contribution in [2.75, 3.05) is 0 Å². The predicted molar refractivity (Wildman–Crippen MR) is 44.4 cm³/mol. The third-order valence-electron chi connectivity index (χ3n) is 1.30. The number of hydrogen-bond donors (Lipinski definition) is 1. The van der Waals surface area contributed by atoms with Crippen molar-refractivity contribution in [1.82, 2.24) is 4.98 Å². The summed E-state index contributed by atoms with van der Waals surface area (Å²) in [6, 6.07) is 0.984. The second-order valence-corrected chi connectivity index (χ2v) is 2.51. The van der Waals surface area contributed by atoms with Crippen LogP contribution in [-0.4, -0.2) is 15.8 Å². The summed E-state index contributed by atoms with van der Waals surface area (Å²) in [6.45, 7) is 0. The molecular weight excluding hydrogens is 198 g/mol. The van der Waals surface area contributed by atoms with E-state index in [1.807, 2.05) is 0 Å². The molecule has 0 aliphatic heterocycles. The fourth-order valence-electron chi connectivity index (χ4n) is 0.710. The molecule has 1 amide bonds. The summed E-state index contributed by atoms with van der Waals surface area (Å²) < 4.78 is 0. The van der Waals surface area contributed by atoms with E-state index in [-0.39, 0.29) is 16.4 Å². The topological polar surface area (TPSA) is 99.1 Å². The Morgan fingerprint density at radius 1 is 1.69 bits per heavy atom. The average Bonchev–Trinajstić information content (AvgIpc) is 2.04. The maximum atomic E-state index is 10.7. The third kappa shape index (κ3) is 1.91. The number of pyridine rings is 1. The number of carbonyl (C=O) groups excluding carboxylic acids is 1. The lowest BCUT2D eigenvalue weighted by Gasteiger charge is -1.97. The van der Waals surface area contributed by atoms with Gasteiger partial charge < -0.3 is 5.73 Å². The van der Waals surface area contributed by atoms with Gasteiger partial charge in [-0.25, -0.2) is 4.98 Å². The summed E-state index contributed by atoms with van der Waals surface area (Å²) in [6.07, 6.45) is 0.953. The van der Waals surface area contributed by atoms with Crippen molar-refractivity contribution in [2.45, 2.75) is 0 Å². The van der Waals surface area contributed by atoms with Gasteiger partial charge in [-0.2, -0.15) is 0 Å². The van der Waals surface area contributed by atoms with Crippen LogP contribution < -0.4 is 5.73 Å². The van der Waals surface area contributed by atoms with Crippen LogP contribution in [0.25, 0.3) is 0 Å². The maximum Gasteiger partial charge on any atom is 0.288 e. The van der Waals surface area contributed by atoms with Crippen LogP contribution >= 0.6 is 11.6 Å². The molecule has 68 valence electrons. The molecule has 0 fully saturated rings. The van der Waals surface area contributed by atoms with E-state index in [0.29, 0.717) is 0 Å². The van der Waals surface area contributed by atoms with Gasteiger partial charge in [0.15, 0.2) is 0 Å². The average molecular weight is 202 g/mol. The number of primary amides is 1. The highest BCUT2D eigenvalue weighted by molar-refractivity contribution is 6.32. The first-order valence-corrected chi connectivity index (χ1v) is 3.50. The number of amides is 1. The molecule has 0 unspecified atom stereocenters. The van der Waals surface area contributed by atoms with E-state index in [4.69, 9.17) is 17.3 Å². The monoisotopic (exact) mass is 201 g/mol. The number of hydrogen-bond acceptors (Lipinski definition) is 4. The quantitative estimate of drug-likeness (QED) is 0.433. The molecule has 0 atom stereocenters. The highest BCUT2D eigenvalue weighted by Gasteiger charge is 2.14. The molecule has 1 aromatic rings. The normalized spacial score (nSPS) is 9.62. The van der Waals surface area contributed by atoms with Gasteiger partial charge in [-0.3, -0.25) is 14.9 Å². The Labute approximate surface area is 77.5 Å². The molecule has 0 aromatic carbocycles. The van der Waals surface area contributed by atoms with Gasteiger partial charge in [-0.05, 0) is 0 Å². The van der Waals surface area contributed by atoms with E-state index in [2.05, 4.69) is 4.98 Å². The summed E-state index contributed by atoms with van der Waals surface area (Å²) in [5, 5.41) is 10.1. The number of nitrogens with zero attached hydrogens (tertiary/aromatic N) is 2. The van der Waals surface area contributed by atoms with Gasteiger partial charge in [0.2, 0.25) is 0 Å². The Hall–Kier alpha value is -1.69. The Bertz CT molecular complexity index is 379. The molecule has 1 heterocycles. The number of nitro groups is 1. The zero-order valence-corrected chi connectivity index (χ0v) is 6.99. The van der Waals surface area contributed by atoms with Crippen LogP contribution in [0.5, 0.6) is 0 Å². The summed E-state index contributed by atoms with van der Waals surface area (Å²) in [5.41, 5.74) is 4.42. The Kier molecular flexibility index (Phi) is 2.43. The maximum absolute atomic E-state index is 10.7. The predicted octanol–water partition coefficient (Wildman–Crippen LogP) is 0.742. The fourth-order valence-corrected chi connectivity index (χ4v) is 0.906. The van der Waals surface area contributed by atoms with Gasteiger partial charge in [0, 0.05) is 6.07 Å². The molecule has 0 aliphatic rings. The molecular formula is C6H4ClN3O3. The lowest BCUT2D eigenvalue weighted by atomic mass is 10.2. The molecule has 0 saturated carbocycles. The molecule has 2 N–H and O–H groups in total. The lowest BCUT2D eigenvalue weighted by molar-refractivity contribution is -0.385. The van der Waals surface area contributed by atoms with Crippen LogP contribution in [0.2, 0.25) is 5.15 Å². The standard InChI is InChI=1S/C6H4ClN3O3/c7-5-4(6(8)11)1-3(2-9-5)10(12)13/h1-2H,(H2,8,11). The summed E-state index contributed by atoms with van der Waals surface area (Å²) >= 11 is 5.46. The van der Waals surface area contributed by atoms with Crippen molar-refractivity contribution in [2.24, 2.45) is 5.73 Å². The van der Waals surface area contributed by atoms with Gasteiger partial charge in [-0.15, -0.1) is 0 Å². The zero-order valence-electron chi connectivity index (χ0n) is 6.23. The summed E-state index contributed by atoms with van der Waals surface area (Å²) in [5.74, 6) is -0.846. The van der Waals surface area contributed by atoms with Crippen molar-refractivity contribution in [3.63, 3.8) is 0 Å². The van der Waals surface area contributed by atoms with Crippen molar-refractivity contribution in [3.8, 4) is 0 Å². The van der Waals surface area contributed by atoms with E-state index in [1.54, 1.807) is 0 Å². The second kappa shape index (κ2) is 3.36. The number of rotatable bonds is 2. The van der Waals surface area contributed by atoms with Crippen molar-refractivity contribution in [1.29, 1.82) is 0 Å². The van der Waals surface area contributed by atoms with Crippen LogP contribution in [0.1, 0.15) is 10.4 Å². The van der Waals surface area contributed by atoms with Crippen molar-refractivity contribution >= 4 is 23.2 Å². The highest BCUT2D eigenvalue weighted by atomic mass is 35.5. The van der Waals surface area contributed by atoms with Crippen molar-refractivity contribution in [3.05, 3.63) is 33.1 Å². The molecule has 0 aliphatic carbocycles. The minimum Gasteiger partial charge on any atom is -0.365 e. The highest BCUT2D eigenvalue weighted by Crippen LogP contribution is 2.18. The molecule has 0 bridgehead atoms. The number of aromatic nitrogens is 1. The first-order chi connectivity index (χ1) is 6.02. The zero-order chi connectivity index (χ0) is 10.0. The van der Waals surface area contributed by atoms with E-state index in [0.717, 1.165) is 12.3 Å². The van der Waals surface area contributed by atoms with Gasteiger partial charge in [0.05, 0.1) is 10.5 Å². The van der Waals surface area contributed by atoms with E-state index in [9.17, 15) is 14.9 Å². The second-order valence-electron chi connectivity index (χ2n) is 2.15. The SMILES string of the molecule is NC(=O)c1cc([N+](=O)[O-])cnc1Cl. The van der Waals surface area contributed by atoms with Crippen LogP contribution in [0.3, 0.4) is 0 Å². The van der Waals surface area contributed by atoms with E-state index >= 15 is 0 Å². The minimum absolute atomic E-state index is 0.141. The molecule has 6 nitrogen and oxygen atoms in total. The Morgan fingerprint density at radius 3 is 2.77 bits per heavy atom. The molecule has 13 heavy (non-hydrogen) atoms. The smallest absolute Gasteiger partial charge is 0.288 e. The third-order valence-corrected chi connectivity index (χ3v) is 1.60. The Morgan fingerprint density at radius 2 is 2.31 bits per heavy atom. The lowest BCUT2D eigenvalue weighted by Crippen LogP contribution is -2.12. The first kappa shape index (κ1) is 9.40. The van der Waals surface area contributed by atoms with Gasteiger partial charge in [0.25, 0.3) is 11.6 Å². The minimum atomic E-state index is -0.846. The van der Waals surface area contributed by atoms with E-state index in [1.165, 1.54) is 0 Å². The van der Waals surface area contributed by atoms with Crippen LogP contribution in [0.15, 0.2) is 12.3 Å². The van der Waals surface area contributed by atoms with E-state index < -0.39 is 10.8 Å². The van der Waals surface area contributed by atoms with Crippen molar-refractivity contribution < 1.29 is 9.72 Å². The molecule has 7 heteroatoms. The molecule has 1 aromatic heterocycles. The van der Waals surface area contributed by atoms with Crippen LogP contribution in [0.4, 0.5) is 5.69 Å². The summed E-state index contributed by atoms with van der Waals surface area (Å²) in [7, 11) is 0. The molecule has 0 radical (unpaired) electrons. The van der Waals surface area contributed by atoms with Crippen LogP contribution in [-0.2, 0) is 0 Å². The van der Waals surface area contributed by atoms with Crippen LogP contribution in [0, 0.1) is 10.1 Å². The fraction of sp³-hybridized carbons (Fsp3) is 0. The summed E-state index contributed by atoms with van der Waals surface area (Å²) in [4.78, 5) is 23.7. The number of carbonyl (C=O) groups is 1. The number of halogens is 1. The Balaban J connectivity index is 3.27. The van der Waals surface area contributed by atoms with Gasteiger partial charge in [0.1, 0.15) is 11.3 Å². The number of nitrogens with two attached hydrogens (primary N) is 1.